The quantitative estimate of drug-likeness (QED) is 0.656. The van der Waals surface area contributed by atoms with Crippen molar-refractivity contribution < 1.29 is 13.9 Å². The second-order valence-corrected chi connectivity index (χ2v) is 5.89. The molecule has 1 fully saturated rings. The van der Waals surface area contributed by atoms with Gasteiger partial charge >= 0.3 is 5.97 Å². The van der Waals surface area contributed by atoms with Crippen LogP contribution < -0.4 is 11.1 Å². The number of benzene rings is 1. The van der Waals surface area contributed by atoms with Crippen LogP contribution >= 0.6 is 0 Å². The SMILES string of the molecule is CCOC(=O)c1cc(NC2(C)CCCCC2)c(F)cc1N. The third kappa shape index (κ3) is 3.65. The lowest BCUT2D eigenvalue weighted by Gasteiger charge is -2.35. The van der Waals surface area contributed by atoms with E-state index in [0.717, 1.165) is 25.7 Å². The number of hydrogen-bond acceptors (Lipinski definition) is 4. The van der Waals surface area contributed by atoms with E-state index in [0.29, 0.717) is 5.69 Å². The molecule has 4 nitrogen and oxygen atoms in total. The number of ether oxygens (including phenoxy) is 1. The molecule has 0 bridgehead atoms. The van der Waals surface area contributed by atoms with Crippen LogP contribution in [0.1, 0.15) is 56.3 Å². The van der Waals surface area contributed by atoms with E-state index >= 15 is 0 Å². The molecule has 0 atom stereocenters. The van der Waals surface area contributed by atoms with Gasteiger partial charge in [0, 0.05) is 11.2 Å². The Labute approximate surface area is 124 Å². The molecule has 0 heterocycles. The van der Waals surface area contributed by atoms with Crippen molar-refractivity contribution in [1.82, 2.24) is 0 Å². The molecule has 1 aromatic rings. The van der Waals surface area contributed by atoms with Gasteiger partial charge in [0.25, 0.3) is 0 Å². The Morgan fingerprint density at radius 1 is 1.38 bits per heavy atom. The van der Waals surface area contributed by atoms with E-state index in [1.807, 2.05) is 0 Å². The number of anilines is 2. The van der Waals surface area contributed by atoms with Gasteiger partial charge in [0.05, 0.1) is 17.9 Å². The zero-order valence-electron chi connectivity index (χ0n) is 12.7. The average Bonchev–Trinajstić information content (AvgIpc) is 2.42. The lowest BCUT2D eigenvalue weighted by molar-refractivity contribution is 0.0527. The summed E-state index contributed by atoms with van der Waals surface area (Å²) in [5, 5.41) is 3.25. The maximum atomic E-state index is 14.1. The molecule has 0 saturated heterocycles. The van der Waals surface area contributed by atoms with Crippen molar-refractivity contribution >= 4 is 17.3 Å². The van der Waals surface area contributed by atoms with Gasteiger partial charge in [-0.15, -0.1) is 0 Å². The van der Waals surface area contributed by atoms with Gasteiger partial charge in [-0.3, -0.25) is 0 Å². The number of nitrogen functional groups attached to an aromatic ring is 1. The van der Waals surface area contributed by atoms with Crippen LogP contribution in [-0.4, -0.2) is 18.1 Å². The topological polar surface area (TPSA) is 64.3 Å². The van der Waals surface area contributed by atoms with Crippen molar-refractivity contribution in [2.75, 3.05) is 17.7 Å². The molecular formula is C16H23FN2O2. The summed E-state index contributed by atoms with van der Waals surface area (Å²) in [5.41, 5.74) is 6.21. The van der Waals surface area contributed by atoms with Gasteiger partial charge in [-0.2, -0.15) is 0 Å². The van der Waals surface area contributed by atoms with Crippen molar-refractivity contribution in [3.63, 3.8) is 0 Å². The van der Waals surface area contributed by atoms with E-state index in [1.165, 1.54) is 18.6 Å². The Kier molecular flexibility index (Phi) is 4.70. The summed E-state index contributed by atoms with van der Waals surface area (Å²) in [6.45, 7) is 4.07. The van der Waals surface area contributed by atoms with Gasteiger partial charge in [-0.25, -0.2) is 9.18 Å². The average molecular weight is 294 g/mol. The second kappa shape index (κ2) is 6.33. The fraction of sp³-hybridized carbons (Fsp3) is 0.562. The highest BCUT2D eigenvalue weighted by Crippen LogP contribution is 2.33. The molecule has 2 rings (SSSR count). The van der Waals surface area contributed by atoms with Gasteiger partial charge < -0.3 is 15.8 Å². The van der Waals surface area contributed by atoms with E-state index < -0.39 is 11.8 Å². The van der Waals surface area contributed by atoms with Crippen LogP contribution in [0.25, 0.3) is 0 Å². The minimum absolute atomic E-state index is 0.102. The minimum atomic E-state index is -0.521. The van der Waals surface area contributed by atoms with Crippen LogP contribution in [0.4, 0.5) is 15.8 Å². The van der Waals surface area contributed by atoms with Gasteiger partial charge in [-0.05, 0) is 38.8 Å². The maximum Gasteiger partial charge on any atom is 0.340 e. The normalized spacial score (nSPS) is 17.3. The van der Waals surface area contributed by atoms with E-state index in [2.05, 4.69) is 12.2 Å². The number of halogens is 1. The number of carbonyl (C=O) groups is 1. The molecule has 116 valence electrons. The smallest absolute Gasteiger partial charge is 0.340 e. The number of nitrogens with one attached hydrogen (secondary N) is 1. The molecule has 0 unspecified atom stereocenters. The monoisotopic (exact) mass is 294 g/mol. The van der Waals surface area contributed by atoms with Gasteiger partial charge in [-0.1, -0.05) is 19.3 Å². The Balaban J connectivity index is 2.26. The molecule has 0 radical (unpaired) electrons. The zero-order valence-corrected chi connectivity index (χ0v) is 12.7. The van der Waals surface area contributed by atoms with Crippen LogP contribution in [0.15, 0.2) is 12.1 Å². The molecule has 0 aromatic heterocycles. The molecule has 3 N–H and O–H groups in total. The number of hydrogen-bond donors (Lipinski definition) is 2. The van der Waals surface area contributed by atoms with Crippen LogP contribution in [0.3, 0.4) is 0 Å². The van der Waals surface area contributed by atoms with Crippen molar-refractivity contribution in [2.24, 2.45) is 0 Å². The Hall–Kier alpha value is -1.78. The van der Waals surface area contributed by atoms with Crippen LogP contribution in [0.5, 0.6) is 0 Å². The van der Waals surface area contributed by atoms with E-state index in [9.17, 15) is 9.18 Å². The summed E-state index contributed by atoms with van der Waals surface area (Å²) < 4.78 is 19.1. The van der Waals surface area contributed by atoms with Crippen molar-refractivity contribution in [2.45, 2.75) is 51.5 Å². The van der Waals surface area contributed by atoms with Gasteiger partial charge in [0.15, 0.2) is 0 Å². The first kappa shape index (κ1) is 15.6. The Bertz CT molecular complexity index is 525. The number of nitrogens with two attached hydrogens (primary N) is 1. The fourth-order valence-electron chi connectivity index (χ4n) is 2.85. The molecule has 0 amide bonds. The second-order valence-electron chi connectivity index (χ2n) is 5.89. The molecule has 1 saturated carbocycles. The van der Waals surface area contributed by atoms with Crippen LogP contribution in [0, 0.1) is 5.82 Å². The summed E-state index contributed by atoms with van der Waals surface area (Å²) >= 11 is 0. The highest BCUT2D eigenvalue weighted by atomic mass is 19.1. The Morgan fingerprint density at radius 2 is 2.05 bits per heavy atom. The predicted octanol–water partition coefficient (Wildman–Crippen LogP) is 3.72. The fourth-order valence-corrected chi connectivity index (χ4v) is 2.85. The van der Waals surface area contributed by atoms with E-state index in [1.54, 1.807) is 6.92 Å². The number of carbonyl (C=O) groups excluding carboxylic acids is 1. The zero-order chi connectivity index (χ0) is 15.5. The Morgan fingerprint density at radius 3 is 2.67 bits per heavy atom. The lowest BCUT2D eigenvalue weighted by Crippen LogP contribution is -2.37. The molecule has 1 aliphatic carbocycles. The summed E-state index contributed by atoms with van der Waals surface area (Å²) in [7, 11) is 0. The summed E-state index contributed by atoms with van der Waals surface area (Å²) in [5.74, 6) is -0.959. The molecule has 1 aromatic carbocycles. The molecule has 0 aliphatic heterocycles. The molecule has 0 spiro atoms. The first-order chi connectivity index (χ1) is 9.95. The lowest BCUT2D eigenvalue weighted by atomic mass is 9.83. The largest absolute Gasteiger partial charge is 0.462 e. The maximum absolute atomic E-state index is 14.1. The highest BCUT2D eigenvalue weighted by Gasteiger charge is 2.28. The third-order valence-corrected chi connectivity index (χ3v) is 4.03. The molecule has 21 heavy (non-hydrogen) atoms. The first-order valence-corrected chi connectivity index (χ1v) is 7.49. The van der Waals surface area contributed by atoms with Gasteiger partial charge in [0.2, 0.25) is 0 Å². The van der Waals surface area contributed by atoms with Crippen molar-refractivity contribution in [3.05, 3.63) is 23.5 Å². The molecule has 1 aliphatic rings. The first-order valence-electron chi connectivity index (χ1n) is 7.49. The number of esters is 1. The molecular weight excluding hydrogens is 271 g/mol. The minimum Gasteiger partial charge on any atom is -0.462 e. The standard InChI is InChI=1S/C16H23FN2O2/c1-3-21-15(20)11-9-14(12(17)10-13(11)18)19-16(2)7-5-4-6-8-16/h9-10,19H,3-8,18H2,1-2H3. The van der Waals surface area contributed by atoms with Crippen LogP contribution in [-0.2, 0) is 4.74 Å². The number of rotatable bonds is 4. The molecule has 5 heteroatoms. The summed E-state index contributed by atoms with van der Waals surface area (Å²) in [6, 6.07) is 2.64. The third-order valence-electron chi connectivity index (χ3n) is 4.03. The van der Waals surface area contributed by atoms with Crippen molar-refractivity contribution in [3.8, 4) is 0 Å². The highest BCUT2D eigenvalue weighted by molar-refractivity contribution is 5.96. The van der Waals surface area contributed by atoms with Crippen LogP contribution in [0.2, 0.25) is 0 Å². The van der Waals surface area contributed by atoms with Gasteiger partial charge in [0.1, 0.15) is 5.82 Å². The van der Waals surface area contributed by atoms with E-state index in [4.69, 9.17) is 10.5 Å². The predicted molar refractivity (Wildman–Crippen MR) is 81.9 cm³/mol. The van der Waals surface area contributed by atoms with Crippen molar-refractivity contribution in [1.29, 1.82) is 0 Å². The summed E-state index contributed by atoms with van der Waals surface area (Å²) in [4.78, 5) is 11.8. The summed E-state index contributed by atoms with van der Waals surface area (Å²) in [6.07, 6.45) is 5.46. The van der Waals surface area contributed by atoms with E-state index in [-0.39, 0.29) is 23.4 Å².